The third-order valence-electron chi connectivity index (χ3n) is 9.40. The monoisotopic (exact) mass is 544 g/mol. The molecule has 0 aliphatic heterocycles. The van der Waals surface area contributed by atoms with E-state index in [4.69, 9.17) is 14.2 Å². The van der Waals surface area contributed by atoms with E-state index >= 15 is 4.39 Å². The predicted molar refractivity (Wildman–Crippen MR) is 153 cm³/mol. The molecule has 3 aliphatic rings. The zero-order valence-electron chi connectivity index (χ0n) is 23.3. The molecule has 210 valence electrons. The van der Waals surface area contributed by atoms with Crippen molar-refractivity contribution in [3.63, 3.8) is 0 Å². The van der Waals surface area contributed by atoms with Crippen molar-refractivity contribution < 1.29 is 18.6 Å². The molecule has 0 bridgehead atoms. The summed E-state index contributed by atoms with van der Waals surface area (Å²) in [7, 11) is 1.65. The number of halogens is 1. The predicted octanol–water partition coefficient (Wildman–Crippen LogP) is 7.36. The molecule has 4 aromatic rings. The van der Waals surface area contributed by atoms with E-state index in [1.54, 1.807) is 19.2 Å². The van der Waals surface area contributed by atoms with Crippen LogP contribution in [0.3, 0.4) is 0 Å². The summed E-state index contributed by atoms with van der Waals surface area (Å²) in [5, 5.41) is 4.98. The van der Waals surface area contributed by atoms with Gasteiger partial charge in [0.05, 0.1) is 18.0 Å². The van der Waals surface area contributed by atoms with E-state index in [1.807, 2.05) is 25.1 Å². The second kappa shape index (κ2) is 10.2. The largest absolute Gasteiger partial charge is 0.493 e. The van der Waals surface area contributed by atoms with Gasteiger partial charge in [-0.15, -0.1) is 0 Å². The van der Waals surface area contributed by atoms with Crippen molar-refractivity contribution in [1.82, 2.24) is 20.3 Å². The lowest BCUT2D eigenvalue weighted by Crippen LogP contribution is -2.57. The molecule has 0 amide bonds. The Hall–Kier alpha value is -3.39. The van der Waals surface area contributed by atoms with Crippen LogP contribution in [0, 0.1) is 18.7 Å². The van der Waals surface area contributed by atoms with Gasteiger partial charge in [-0.3, -0.25) is 0 Å². The van der Waals surface area contributed by atoms with Crippen molar-refractivity contribution >= 4 is 21.8 Å². The molecule has 3 aliphatic carbocycles. The average molecular weight is 545 g/mol. The first kappa shape index (κ1) is 25.6. The summed E-state index contributed by atoms with van der Waals surface area (Å²) in [5.41, 5.74) is 2.10. The van der Waals surface area contributed by atoms with E-state index in [1.165, 1.54) is 57.7 Å². The van der Waals surface area contributed by atoms with E-state index in [0.717, 1.165) is 24.1 Å². The van der Waals surface area contributed by atoms with Gasteiger partial charge in [0, 0.05) is 40.7 Å². The van der Waals surface area contributed by atoms with Crippen molar-refractivity contribution in [3.8, 4) is 23.1 Å². The lowest BCUT2D eigenvalue weighted by Gasteiger charge is -2.52. The van der Waals surface area contributed by atoms with Crippen LogP contribution in [-0.4, -0.2) is 39.7 Å². The first-order valence-corrected chi connectivity index (χ1v) is 14.7. The molecule has 2 heterocycles. The molecular formula is C32H37FN4O3. The number of methoxy groups -OCH3 is 1. The smallest absolute Gasteiger partial charge is 0.230 e. The second-order valence-corrected chi connectivity index (χ2v) is 12.0. The standard InChI is InChI=1S/C32H37FN4O3/c1-19-13-23-25(36-19)9-10-27(30(23)33)39-31-24-16-28(38-2)29(17-26(24)34-18-35-31)40-32(11-4-3-5-12-32)20-14-22(15-20)37-21-7-6-8-21/h9-10,13,16-18,20-22,36-37H,3-8,11-12,14-15H2,1-2H3. The van der Waals surface area contributed by atoms with Gasteiger partial charge in [-0.05, 0) is 82.6 Å². The van der Waals surface area contributed by atoms with Crippen molar-refractivity contribution in [1.29, 1.82) is 0 Å². The van der Waals surface area contributed by atoms with Gasteiger partial charge < -0.3 is 24.5 Å². The third-order valence-corrected chi connectivity index (χ3v) is 9.40. The van der Waals surface area contributed by atoms with Crippen LogP contribution in [0.15, 0.2) is 36.7 Å². The number of aryl methyl sites for hydroxylation is 1. The minimum absolute atomic E-state index is 0.113. The highest BCUT2D eigenvalue weighted by Gasteiger charge is 2.49. The van der Waals surface area contributed by atoms with Crippen molar-refractivity contribution in [2.75, 3.05) is 7.11 Å². The van der Waals surface area contributed by atoms with Gasteiger partial charge >= 0.3 is 0 Å². The molecule has 7 rings (SSSR count). The summed E-state index contributed by atoms with van der Waals surface area (Å²) >= 11 is 0. The molecule has 2 aromatic carbocycles. The molecule has 0 radical (unpaired) electrons. The number of nitrogens with one attached hydrogen (secondary N) is 2. The number of hydrogen-bond acceptors (Lipinski definition) is 6. The molecular weight excluding hydrogens is 507 g/mol. The van der Waals surface area contributed by atoms with Crippen LogP contribution in [0.4, 0.5) is 4.39 Å². The number of benzene rings is 2. The summed E-state index contributed by atoms with van der Waals surface area (Å²) in [6, 6.07) is 10.3. The van der Waals surface area contributed by atoms with Gasteiger partial charge in [-0.2, -0.15) is 0 Å². The maximum absolute atomic E-state index is 15.3. The molecule has 2 aromatic heterocycles. The van der Waals surface area contributed by atoms with Gasteiger partial charge in [0.1, 0.15) is 11.9 Å². The number of H-pyrrole nitrogens is 1. The molecule has 2 N–H and O–H groups in total. The first-order chi connectivity index (χ1) is 19.5. The van der Waals surface area contributed by atoms with E-state index in [0.29, 0.717) is 45.8 Å². The zero-order chi connectivity index (χ0) is 27.3. The van der Waals surface area contributed by atoms with E-state index in [2.05, 4.69) is 20.3 Å². The van der Waals surface area contributed by atoms with E-state index in [9.17, 15) is 0 Å². The molecule has 3 saturated carbocycles. The lowest BCUT2D eigenvalue weighted by molar-refractivity contribution is -0.0684. The summed E-state index contributed by atoms with van der Waals surface area (Å²) in [5.74, 6) is 1.80. The highest BCUT2D eigenvalue weighted by Crippen LogP contribution is 2.49. The second-order valence-electron chi connectivity index (χ2n) is 12.0. The first-order valence-electron chi connectivity index (χ1n) is 14.7. The fourth-order valence-corrected chi connectivity index (χ4v) is 6.89. The van der Waals surface area contributed by atoms with Crippen LogP contribution in [0.5, 0.6) is 23.1 Å². The Morgan fingerprint density at radius 3 is 2.50 bits per heavy atom. The molecule has 0 atom stereocenters. The summed E-state index contributed by atoms with van der Waals surface area (Å²) in [6.07, 6.45) is 13.5. The Balaban J connectivity index is 1.17. The number of nitrogens with zero attached hydrogens (tertiary/aromatic N) is 2. The lowest BCUT2D eigenvalue weighted by atomic mass is 9.64. The van der Waals surface area contributed by atoms with Crippen LogP contribution in [0.2, 0.25) is 0 Å². The van der Waals surface area contributed by atoms with Crippen LogP contribution >= 0.6 is 0 Å². The maximum atomic E-state index is 15.3. The third kappa shape index (κ3) is 4.56. The summed E-state index contributed by atoms with van der Waals surface area (Å²) in [6.45, 7) is 1.90. The number of aromatic amines is 1. The highest BCUT2D eigenvalue weighted by atomic mass is 19.1. The maximum Gasteiger partial charge on any atom is 0.230 e. The minimum Gasteiger partial charge on any atom is -0.493 e. The fraction of sp³-hybridized carbons (Fsp3) is 0.500. The summed E-state index contributed by atoms with van der Waals surface area (Å²) in [4.78, 5) is 12.0. The Morgan fingerprint density at radius 1 is 0.925 bits per heavy atom. The van der Waals surface area contributed by atoms with Crippen LogP contribution in [0.1, 0.15) is 69.9 Å². The Labute approximate surface area is 233 Å². The number of aromatic nitrogens is 3. The van der Waals surface area contributed by atoms with Crippen LogP contribution in [0.25, 0.3) is 21.8 Å². The van der Waals surface area contributed by atoms with E-state index in [-0.39, 0.29) is 17.2 Å². The Kier molecular flexibility index (Phi) is 6.53. The van der Waals surface area contributed by atoms with Crippen molar-refractivity contribution in [3.05, 3.63) is 48.2 Å². The quantitative estimate of drug-likeness (QED) is 0.241. The number of hydrogen-bond donors (Lipinski definition) is 2. The van der Waals surface area contributed by atoms with Gasteiger partial charge in [0.25, 0.3) is 0 Å². The Morgan fingerprint density at radius 2 is 1.75 bits per heavy atom. The van der Waals surface area contributed by atoms with E-state index < -0.39 is 5.82 Å². The molecule has 0 saturated heterocycles. The fourth-order valence-electron chi connectivity index (χ4n) is 6.89. The molecule has 40 heavy (non-hydrogen) atoms. The highest BCUT2D eigenvalue weighted by molar-refractivity contribution is 5.87. The van der Waals surface area contributed by atoms with Gasteiger partial charge in [-0.1, -0.05) is 12.8 Å². The van der Waals surface area contributed by atoms with Gasteiger partial charge in [0.2, 0.25) is 5.88 Å². The number of rotatable bonds is 8. The number of ether oxygens (including phenoxy) is 3. The van der Waals surface area contributed by atoms with Crippen molar-refractivity contribution in [2.24, 2.45) is 5.92 Å². The molecule has 0 unspecified atom stereocenters. The average Bonchev–Trinajstić information content (AvgIpc) is 3.30. The topological polar surface area (TPSA) is 81.3 Å². The molecule has 0 spiro atoms. The molecule has 3 fully saturated rings. The van der Waals surface area contributed by atoms with Crippen LogP contribution < -0.4 is 19.5 Å². The van der Waals surface area contributed by atoms with Gasteiger partial charge in [0.15, 0.2) is 23.1 Å². The van der Waals surface area contributed by atoms with Gasteiger partial charge in [-0.25, -0.2) is 14.4 Å². The number of fused-ring (bicyclic) bond motifs is 2. The van der Waals surface area contributed by atoms with Crippen molar-refractivity contribution in [2.45, 2.75) is 88.8 Å². The SMILES string of the molecule is COc1cc2c(Oc3ccc4[nH]c(C)cc4c3F)ncnc2cc1OC1(C2CC(NC3CCC3)C2)CCCCC1. The zero-order valence-corrected chi connectivity index (χ0v) is 23.3. The normalized spacial score (nSPS) is 22.6. The van der Waals surface area contributed by atoms with Crippen LogP contribution in [-0.2, 0) is 0 Å². The summed E-state index contributed by atoms with van der Waals surface area (Å²) < 4.78 is 34.1. The minimum atomic E-state index is -0.426. The molecule has 8 heteroatoms. The molecule has 7 nitrogen and oxygen atoms in total. The Bertz CT molecular complexity index is 1540.